The van der Waals surface area contributed by atoms with Crippen molar-refractivity contribution >= 4 is 34.9 Å². The number of urea groups is 1. The second kappa shape index (κ2) is 9.30. The highest BCUT2D eigenvalue weighted by Crippen LogP contribution is 2.33. The van der Waals surface area contributed by atoms with Crippen molar-refractivity contribution in [1.82, 2.24) is 10.3 Å². The van der Waals surface area contributed by atoms with E-state index < -0.39 is 6.03 Å². The molecule has 162 valence electrons. The number of anilines is 3. The fourth-order valence-electron chi connectivity index (χ4n) is 3.43. The third kappa shape index (κ3) is 4.75. The predicted molar refractivity (Wildman–Crippen MR) is 122 cm³/mol. The fraction of sp³-hybridized carbons (Fsp3) is 0.167. The summed E-state index contributed by atoms with van der Waals surface area (Å²) in [4.78, 5) is 45.3. The molecule has 0 aliphatic carbocycles. The Morgan fingerprint density at radius 3 is 2.41 bits per heavy atom. The molecule has 0 saturated heterocycles. The number of carbonyl (C=O) groups is 3. The van der Waals surface area contributed by atoms with E-state index in [0.717, 1.165) is 11.3 Å². The number of benzene rings is 2. The van der Waals surface area contributed by atoms with Gasteiger partial charge in [-0.1, -0.05) is 35.9 Å². The molecule has 0 spiro atoms. The molecule has 2 N–H and O–H groups in total. The van der Waals surface area contributed by atoms with Crippen LogP contribution in [0.1, 0.15) is 11.3 Å². The summed E-state index contributed by atoms with van der Waals surface area (Å²) in [6, 6.07) is 19.5. The van der Waals surface area contributed by atoms with Crippen molar-refractivity contribution < 1.29 is 14.4 Å². The Kier molecular flexibility index (Phi) is 6.12. The standard InChI is InChI=1S/C24H23N5O3/c1-17-9-11-18(12-10-17)27-24(32)29-16-23(31)28(20-7-2-3-8-21(20)29)15-22(30)26-14-19-6-4-5-13-25-19/h2-13H,14-16H2,1H3,(H,26,30)(H,27,32). The summed E-state index contributed by atoms with van der Waals surface area (Å²) in [5, 5.41) is 5.60. The second-order valence-corrected chi connectivity index (χ2v) is 7.45. The molecular weight excluding hydrogens is 406 g/mol. The first-order valence-electron chi connectivity index (χ1n) is 10.2. The molecule has 0 fully saturated rings. The number of aryl methyl sites for hydroxylation is 1. The van der Waals surface area contributed by atoms with E-state index >= 15 is 0 Å². The summed E-state index contributed by atoms with van der Waals surface area (Å²) >= 11 is 0. The summed E-state index contributed by atoms with van der Waals surface area (Å²) in [6.07, 6.45) is 1.65. The van der Waals surface area contributed by atoms with E-state index in [4.69, 9.17) is 0 Å². The maximum absolute atomic E-state index is 12.9. The molecule has 3 aromatic rings. The van der Waals surface area contributed by atoms with Gasteiger partial charge in [-0.15, -0.1) is 0 Å². The monoisotopic (exact) mass is 429 g/mol. The molecule has 4 rings (SSSR count). The third-order valence-corrected chi connectivity index (χ3v) is 5.10. The molecule has 1 aromatic heterocycles. The van der Waals surface area contributed by atoms with Gasteiger partial charge in [-0.05, 0) is 43.3 Å². The topological polar surface area (TPSA) is 94.6 Å². The molecule has 1 aliphatic heterocycles. The number of hydrogen-bond acceptors (Lipinski definition) is 4. The van der Waals surface area contributed by atoms with Gasteiger partial charge in [-0.2, -0.15) is 0 Å². The molecule has 8 nitrogen and oxygen atoms in total. The number of fused-ring (bicyclic) bond motifs is 1. The number of aromatic nitrogens is 1. The Morgan fingerprint density at radius 2 is 1.69 bits per heavy atom. The number of para-hydroxylation sites is 2. The van der Waals surface area contributed by atoms with Gasteiger partial charge in [0.05, 0.1) is 23.6 Å². The van der Waals surface area contributed by atoms with Gasteiger partial charge >= 0.3 is 6.03 Å². The summed E-state index contributed by atoms with van der Waals surface area (Å²) < 4.78 is 0. The van der Waals surface area contributed by atoms with Gasteiger partial charge in [0.1, 0.15) is 13.1 Å². The Bertz CT molecular complexity index is 1130. The minimum absolute atomic E-state index is 0.143. The lowest BCUT2D eigenvalue weighted by Gasteiger charge is -2.35. The molecule has 4 amide bonds. The van der Waals surface area contributed by atoms with Crippen LogP contribution in [0.15, 0.2) is 72.9 Å². The Balaban J connectivity index is 1.48. The molecule has 32 heavy (non-hydrogen) atoms. The van der Waals surface area contributed by atoms with Crippen LogP contribution in [0.2, 0.25) is 0 Å². The van der Waals surface area contributed by atoms with E-state index in [1.807, 2.05) is 43.3 Å². The van der Waals surface area contributed by atoms with E-state index in [0.29, 0.717) is 17.1 Å². The van der Waals surface area contributed by atoms with Crippen molar-refractivity contribution in [3.05, 3.63) is 84.2 Å². The van der Waals surface area contributed by atoms with Crippen LogP contribution in [0.25, 0.3) is 0 Å². The van der Waals surface area contributed by atoms with Crippen LogP contribution >= 0.6 is 0 Å². The molecule has 8 heteroatoms. The van der Waals surface area contributed by atoms with Crippen LogP contribution < -0.4 is 20.4 Å². The smallest absolute Gasteiger partial charge is 0.326 e. The van der Waals surface area contributed by atoms with E-state index in [2.05, 4.69) is 15.6 Å². The van der Waals surface area contributed by atoms with Crippen molar-refractivity contribution in [1.29, 1.82) is 0 Å². The van der Waals surface area contributed by atoms with E-state index in [1.54, 1.807) is 36.5 Å². The summed E-state index contributed by atoms with van der Waals surface area (Å²) in [5.41, 5.74) is 3.52. The maximum Gasteiger partial charge on any atom is 0.326 e. The SMILES string of the molecule is Cc1ccc(NC(=O)N2CC(=O)N(CC(=O)NCc3ccccn3)c3ccccc32)cc1. The average molecular weight is 429 g/mol. The van der Waals surface area contributed by atoms with Crippen molar-refractivity contribution in [3.63, 3.8) is 0 Å². The highest BCUT2D eigenvalue weighted by Gasteiger charge is 2.33. The summed E-state index contributed by atoms with van der Waals surface area (Å²) in [6.45, 7) is 1.93. The van der Waals surface area contributed by atoms with Crippen LogP contribution in [-0.4, -0.2) is 35.9 Å². The highest BCUT2D eigenvalue weighted by molar-refractivity contribution is 6.15. The number of hydrogen-bond donors (Lipinski definition) is 2. The summed E-state index contributed by atoms with van der Waals surface area (Å²) in [7, 11) is 0. The van der Waals surface area contributed by atoms with Crippen LogP contribution in [0.5, 0.6) is 0 Å². The lowest BCUT2D eigenvalue weighted by atomic mass is 10.1. The van der Waals surface area contributed by atoms with Gasteiger partial charge in [-0.3, -0.25) is 24.4 Å². The molecular formula is C24H23N5O3. The lowest BCUT2D eigenvalue weighted by Crippen LogP contribution is -2.52. The van der Waals surface area contributed by atoms with Gasteiger partial charge < -0.3 is 10.6 Å². The molecule has 2 heterocycles. The molecule has 0 unspecified atom stereocenters. The number of carbonyl (C=O) groups excluding carboxylic acids is 3. The molecule has 1 aliphatic rings. The third-order valence-electron chi connectivity index (χ3n) is 5.10. The first-order valence-corrected chi connectivity index (χ1v) is 10.2. The Labute approximate surface area is 185 Å². The normalized spacial score (nSPS) is 12.8. The van der Waals surface area contributed by atoms with E-state index in [9.17, 15) is 14.4 Å². The van der Waals surface area contributed by atoms with E-state index in [-0.39, 0.29) is 31.4 Å². The number of rotatable bonds is 5. The van der Waals surface area contributed by atoms with Gasteiger partial charge in [0.25, 0.3) is 0 Å². The average Bonchev–Trinajstić information content (AvgIpc) is 2.81. The summed E-state index contributed by atoms with van der Waals surface area (Å²) in [5.74, 6) is -0.646. The minimum atomic E-state index is -0.408. The number of nitrogens with zero attached hydrogens (tertiary/aromatic N) is 3. The highest BCUT2D eigenvalue weighted by atomic mass is 16.2. The van der Waals surface area contributed by atoms with Crippen molar-refractivity contribution in [3.8, 4) is 0 Å². The molecule has 0 bridgehead atoms. The zero-order chi connectivity index (χ0) is 22.5. The number of pyridine rings is 1. The quantitative estimate of drug-likeness (QED) is 0.652. The zero-order valence-electron chi connectivity index (χ0n) is 17.6. The number of nitrogens with one attached hydrogen (secondary N) is 2. The van der Waals surface area contributed by atoms with Crippen LogP contribution in [0.4, 0.5) is 21.9 Å². The molecule has 2 aromatic carbocycles. The van der Waals surface area contributed by atoms with Crippen molar-refractivity contribution in [2.45, 2.75) is 13.5 Å². The van der Waals surface area contributed by atoms with E-state index in [1.165, 1.54) is 9.80 Å². The van der Waals surface area contributed by atoms with Crippen molar-refractivity contribution in [2.75, 3.05) is 28.2 Å². The first kappa shape index (κ1) is 21.0. The zero-order valence-corrected chi connectivity index (χ0v) is 17.6. The predicted octanol–water partition coefficient (Wildman–Crippen LogP) is 3.09. The largest absolute Gasteiger partial charge is 0.349 e. The van der Waals surface area contributed by atoms with Crippen molar-refractivity contribution in [2.24, 2.45) is 0 Å². The van der Waals surface area contributed by atoms with Crippen LogP contribution in [0, 0.1) is 6.92 Å². The lowest BCUT2D eigenvalue weighted by molar-refractivity contribution is -0.123. The second-order valence-electron chi connectivity index (χ2n) is 7.45. The Hall–Kier alpha value is -4.20. The molecule has 0 atom stereocenters. The van der Waals surface area contributed by atoms with Gasteiger partial charge in [0, 0.05) is 11.9 Å². The number of amides is 4. The Morgan fingerprint density at radius 1 is 0.969 bits per heavy atom. The minimum Gasteiger partial charge on any atom is -0.349 e. The maximum atomic E-state index is 12.9. The van der Waals surface area contributed by atoms with Gasteiger partial charge in [-0.25, -0.2) is 4.79 Å². The van der Waals surface area contributed by atoms with Crippen LogP contribution in [0.3, 0.4) is 0 Å². The van der Waals surface area contributed by atoms with Gasteiger partial charge in [0.2, 0.25) is 11.8 Å². The molecule has 0 radical (unpaired) electrons. The molecule has 0 saturated carbocycles. The first-order chi connectivity index (χ1) is 15.5. The van der Waals surface area contributed by atoms with Gasteiger partial charge in [0.15, 0.2) is 0 Å². The fourth-order valence-corrected chi connectivity index (χ4v) is 3.43. The van der Waals surface area contributed by atoms with Crippen LogP contribution in [-0.2, 0) is 16.1 Å².